The van der Waals surface area contributed by atoms with Crippen LogP contribution in [0, 0.1) is 16.0 Å². The van der Waals surface area contributed by atoms with Gasteiger partial charge >= 0.3 is 5.70 Å². The highest BCUT2D eigenvalue weighted by Gasteiger charge is 2.60. The van der Waals surface area contributed by atoms with Gasteiger partial charge in [-0.3, -0.25) is 10.1 Å². The van der Waals surface area contributed by atoms with Crippen LogP contribution in [0.2, 0.25) is 0 Å². The van der Waals surface area contributed by atoms with Crippen molar-refractivity contribution in [1.29, 1.82) is 0 Å². The van der Waals surface area contributed by atoms with Crippen molar-refractivity contribution in [2.75, 3.05) is 47.1 Å². The van der Waals surface area contributed by atoms with Crippen molar-refractivity contribution < 1.29 is 19.1 Å². The molecule has 0 aliphatic carbocycles. The topological polar surface area (TPSA) is 77.3 Å². The van der Waals surface area contributed by atoms with Crippen LogP contribution in [0.1, 0.15) is 13.3 Å². The highest BCUT2D eigenvalue weighted by Crippen LogP contribution is 2.44. The molecule has 0 aromatic carbocycles. The van der Waals surface area contributed by atoms with Gasteiger partial charge in [0.05, 0.1) is 11.5 Å². The SMILES string of the molecule is COC1C([N+](=O)[O-])=C2N(CC3CCOC3)CCN2C1(C)OC. The molecule has 3 unspecified atom stereocenters. The molecule has 3 rings (SSSR count). The molecule has 0 amide bonds. The Morgan fingerprint density at radius 2 is 2.23 bits per heavy atom. The zero-order chi connectivity index (χ0) is 15.9. The predicted octanol–water partition coefficient (Wildman–Crippen LogP) is 0.477. The third kappa shape index (κ3) is 2.17. The first-order valence-corrected chi connectivity index (χ1v) is 7.59. The predicted molar refractivity (Wildman–Crippen MR) is 77.4 cm³/mol. The van der Waals surface area contributed by atoms with Crippen LogP contribution >= 0.6 is 0 Å². The number of hydrogen-bond donors (Lipinski definition) is 0. The Morgan fingerprint density at radius 3 is 2.77 bits per heavy atom. The maximum atomic E-state index is 11.6. The van der Waals surface area contributed by atoms with E-state index in [1.165, 1.54) is 7.11 Å². The van der Waals surface area contributed by atoms with E-state index in [1.807, 2.05) is 11.8 Å². The Balaban J connectivity index is 1.93. The normalized spacial score (nSPS) is 34.7. The number of rotatable bonds is 5. The van der Waals surface area contributed by atoms with Gasteiger partial charge in [0.1, 0.15) is 0 Å². The van der Waals surface area contributed by atoms with Crippen molar-refractivity contribution in [1.82, 2.24) is 9.80 Å². The first kappa shape index (κ1) is 15.5. The van der Waals surface area contributed by atoms with Gasteiger partial charge in [0, 0.05) is 46.4 Å². The first-order chi connectivity index (χ1) is 10.5. The third-order valence-corrected chi connectivity index (χ3v) is 5.00. The van der Waals surface area contributed by atoms with Crippen molar-refractivity contribution in [2.45, 2.75) is 25.2 Å². The summed E-state index contributed by atoms with van der Waals surface area (Å²) in [6.45, 7) is 5.59. The van der Waals surface area contributed by atoms with E-state index in [0.29, 0.717) is 18.3 Å². The van der Waals surface area contributed by atoms with Crippen LogP contribution in [0.15, 0.2) is 11.5 Å². The molecule has 0 saturated carbocycles. The second kappa shape index (κ2) is 5.68. The van der Waals surface area contributed by atoms with Gasteiger partial charge < -0.3 is 24.0 Å². The van der Waals surface area contributed by atoms with Gasteiger partial charge in [0.2, 0.25) is 0 Å². The van der Waals surface area contributed by atoms with Crippen LogP contribution in [0.3, 0.4) is 0 Å². The van der Waals surface area contributed by atoms with Crippen molar-refractivity contribution in [2.24, 2.45) is 5.92 Å². The fraction of sp³-hybridized carbons (Fsp3) is 0.857. The van der Waals surface area contributed by atoms with Crippen LogP contribution < -0.4 is 0 Å². The Hall–Kier alpha value is -1.38. The summed E-state index contributed by atoms with van der Waals surface area (Å²) in [4.78, 5) is 15.4. The van der Waals surface area contributed by atoms with Crippen molar-refractivity contribution in [3.05, 3.63) is 21.6 Å². The molecule has 3 aliphatic rings. The minimum absolute atomic E-state index is 0.100. The molecule has 3 heterocycles. The molecule has 124 valence electrons. The number of hydrogen-bond acceptors (Lipinski definition) is 7. The maximum absolute atomic E-state index is 11.6. The third-order valence-electron chi connectivity index (χ3n) is 5.00. The lowest BCUT2D eigenvalue weighted by Crippen LogP contribution is -2.51. The average Bonchev–Trinajstić information content (AvgIpc) is 3.18. The van der Waals surface area contributed by atoms with Gasteiger partial charge in [-0.2, -0.15) is 0 Å². The van der Waals surface area contributed by atoms with Gasteiger partial charge in [-0.05, 0) is 13.3 Å². The maximum Gasteiger partial charge on any atom is 0.319 e. The molecule has 22 heavy (non-hydrogen) atoms. The molecule has 3 aliphatic heterocycles. The van der Waals surface area contributed by atoms with E-state index in [4.69, 9.17) is 14.2 Å². The molecule has 0 aromatic rings. The number of methoxy groups -OCH3 is 2. The van der Waals surface area contributed by atoms with E-state index in [1.54, 1.807) is 7.11 Å². The summed E-state index contributed by atoms with van der Waals surface area (Å²) in [5.41, 5.74) is -0.740. The van der Waals surface area contributed by atoms with Gasteiger partial charge in [0.15, 0.2) is 17.6 Å². The van der Waals surface area contributed by atoms with E-state index in [2.05, 4.69) is 4.90 Å². The van der Waals surface area contributed by atoms with Crippen molar-refractivity contribution >= 4 is 0 Å². The number of nitro groups is 1. The summed E-state index contributed by atoms with van der Waals surface area (Å²) in [7, 11) is 3.06. The van der Waals surface area contributed by atoms with Crippen molar-refractivity contribution in [3.8, 4) is 0 Å². The molecular formula is C14H23N3O5. The van der Waals surface area contributed by atoms with E-state index in [0.717, 1.165) is 32.7 Å². The summed E-state index contributed by atoms with van der Waals surface area (Å²) >= 11 is 0. The molecule has 0 radical (unpaired) electrons. The van der Waals surface area contributed by atoms with Crippen LogP contribution in [0.4, 0.5) is 0 Å². The lowest BCUT2D eigenvalue weighted by molar-refractivity contribution is -0.440. The van der Waals surface area contributed by atoms with Crippen LogP contribution in [-0.4, -0.2) is 73.6 Å². The van der Waals surface area contributed by atoms with Gasteiger partial charge in [0.25, 0.3) is 0 Å². The smallest absolute Gasteiger partial charge is 0.319 e. The molecule has 0 bridgehead atoms. The van der Waals surface area contributed by atoms with Gasteiger partial charge in [-0.1, -0.05) is 0 Å². The molecule has 0 spiro atoms. The van der Waals surface area contributed by atoms with Gasteiger partial charge in [-0.15, -0.1) is 0 Å². The average molecular weight is 313 g/mol. The molecule has 0 aromatic heterocycles. The Morgan fingerprint density at radius 1 is 1.45 bits per heavy atom. The lowest BCUT2D eigenvalue weighted by atomic mass is 10.1. The highest BCUT2D eigenvalue weighted by molar-refractivity contribution is 5.27. The zero-order valence-electron chi connectivity index (χ0n) is 13.3. The Kier molecular flexibility index (Phi) is 4.00. The van der Waals surface area contributed by atoms with E-state index < -0.39 is 11.8 Å². The first-order valence-electron chi connectivity index (χ1n) is 7.59. The molecule has 0 N–H and O–H groups in total. The van der Waals surface area contributed by atoms with Crippen molar-refractivity contribution in [3.63, 3.8) is 0 Å². The molecule has 2 saturated heterocycles. The second-order valence-electron chi connectivity index (χ2n) is 6.17. The zero-order valence-corrected chi connectivity index (χ0v) is 13.3. The van der Waals surface area contributed by atoms with E-state index >= 15 is 0 Å². The largest absolute Gasteiger partial charge is 0.381 e. The van der Waals surface area contributed by atoms with Crippen LogP contribution in [-0.2, 0) is 14.2 Å². The highest BCUT2D eigenvalue weighted by atomic mass is 16.6. The second-order valence-corrected chi connectivity index (χ2v) is 6.17. The minimum Gasteiger partial charge on any atom is -0.381 e. The standard InChI is InChI=1S/C14H23N3O5/c1-14(21-3)12(20-2)11(17(18)19)13-15(5-6-16(13)14)8-10-4-7-22-9-10/h10,12H,4-9H2,1-3H3. The van der Waals surface area contributed by atoms with Crippen LogP contribution in [0.25, 0.3) is 0 Å². The lowest BCUT2D eigenvalue weighted by Gasteiger charge is -2.36. The summed E-state index contributed by atoms with van der Waals surface area (Å²) < 4.78 is 16.5. The molecule has 8 nitrogen and oxygen atoms in total. The fourth-order valence-electron chi connectivity index (χ4n) is 3.79. The summed E-state index contributed by atoms with van der Waals surface area (Å²) in [5.74, 6) is 1.07. The minimum atomic E-state index is -0.840. The van der Waals surface area contributed by atoms with Crippen LogP contribution in [0.5, 0.6) is 0 Å². The molecular weight excluding hydrogens is 290 g/mol. The molecule has 8 heteroatoms. The Bertz CT molecular complexity index is 491. The fourth-order valence-corrected chi connectivity index (χ4v) is 3.79. The van der Waals surface area contributed by atoms with E-state index in [-0.39, 0.29) is 10.6 Å². The Labute approximate surface area is 129 Å². The number of nitrogens with zero attached hydrogens (tertiary/aromatic N) is 3. The molecule has 2 fully saturated rings. The quantitative estimate of drug-likeness (QED) is 0.539. The van der Waals surface area contributed by atoms with E-state index in [9.17, 15) is 10.1 Å². The van der Waals surface area contributed by atoms with Gasteiger partial charge in [-0.25, -0.2) is 0 Å². The number of fused-ring (bicyclic) bond motifs is 1. The molecule has 3 atom stereocenters. The number of ether oxygens (including phenoxy) is 3. The summed E-state index contributed by atoms with van der Waals surface area (Å²) in [5, 5.41) is 11.6. The summed E-state index contributed by atoms with van der Waals surface area (Å²) in [6, 6.07) is 0. The summed E-state index contributed by atoms with van der Waals surface area (Å²) in [6.07, 6.45) is 0.303. The monoisotopic (exact) mass is 313 g/mol.